The molecule has 0 N–H and O–H groups in total. The largest absolute Gasteiger partial charge is 0.294 e. The maximum absolute atomic E-state index is 3.62. The van der Waals surface area contributed by atoms with Gasteiger partial charge in [0.15, 0.2) is 0 Å². The van der Waals surface area contributed by atoms with Gasteiger partial charge in [0.2, 0.25) is 0 Å². The van der Waals surface area contributed by atoms with Crippen LogP contribution in [0.5, 0.6) is 0 Å². The van der Waals surface area contributed by atoms with E-state index in [4.69, 9.17) is 0 Å². The number of hydrogen-bond acceptors (Lipinski definition) is 2. The van der Waals surface area contributed by atoms with Crippen molar-refractivity contribution in [1.29, 1.82) is 0 Å². The summed E-state index contributed by atoms with van der Waals surface area (Å²) in [5.41, 5.74) is 0. The van der Waals surface area contributed by atoms with Crippen LogP contribution in [0.15, 0.2) is 0 Å². The minimum atomic E-state index is 0.886. The van der Waals surface area contributed by atoms with Gasteiger partial charge in [-0.3, -0.25) is 9.80 Å². The van der Waals surface area contributed by atoms with Crippen LogP contribution in [-0.4, -0.2) is 46.1 Å². The van der Waals surface area contributed by atoms with Gasteiger partial charge in [0, 0.05) is 36.3 Å². The van der Waals surface area contributed by atoms with Crippen molar-refractivity contribution in [2.75, 3.05) is 0 Å². The third-order valence-corrected chi connectivity index (χ3v) is 29.6. The fraction of sp³-hybridized carbons (Fsp3) is 1.00. The Morgan fingerprint density at radius 1 is 0.263 bits per heavy atom. The molecule has 0 bridgehead atoms. The van der Waals surface area contributed by atoms with Gasteiger partial charge < -0.3 is 0 Å². The van der Waals surface area contributed by atoms with E-state index in [1.165, 1.54) is 128 Å². The summed E-state index contributed by atoms with van der Waals surface area (Å²) in [6, 6.07) is 5.35. The molecule has 80 heavy (non-hydrogen) atoms. The molecule has 12 aliphatic rings. The van der Waals surface area contributed by atoms with Gasteiger partial charge in [-0.2, -0.15) is 0 Å². The van der Waals surface area contributed by atoms with Crippen molar-refractivity contribution in [3.8, 4) is 0 Å². The van der Waals surface area contributed by atoms with Gasteiger partial charge in [-0.1, -0.05) is 182 Å². The standard InChI is InChI=1S/C78H136N2/c1-5-7-9-11-13-15-23-57-37-45-63(46-38-57)79(61-41-33-55(3)34-42-61)75-53-73(67-31-21-27-59-25-17-19-29-65(59)67)69-50-52-72-76(54-74(70-49-51-71(75)77(69)78(70)72)68-32-22-28-60-26-18-20-30-66(60)68)80(62-43-35-56(4)36-44-62)64-47-39-58(40-48-64)24-16-14-12-10-8-6-2/h55-78H,5-54H2,1-4H3. The van der Waals surface area contributed by atoms with E-state index >= 15 is 0 Å². The lowest BCUT2D eigenvalue weighted by Gasteiger charge is -2.69. The molecule has 0 amide bonds. The average Bonchev–Trinajstić information content (AvgIpc) is 3.69. The van der Waals surface area contributed by atoms with E-state index in [0.717, 1.165) is 143 Å². The van der Waals surface area contributed by atoms with Gasteiger partial charge in [0.25, 0.3) is 0 Å². The fourth-order valence-electron chi connectivity index (χ4n) is 25.8. The minimum Gasteiger partial charge on any atom is -0.294 e. The zero-order valence-corrected chi connectivity index (χ0v) is 54.1. The van der Waals surface area contributed by atoms with Crippen LogP contribution in [0.4, 0.5) is 0 Å². The lowest BCUT2D eigenvalue weighted by molar-refractivity contribution is -0.196. The Hall–Kier alpha value is -0.0800. The fourth-order valence-corrected chi connectivity index (χ4v) is 25.8. The molecule has 0 saturated heterocycles. The summed E-state index contributed by atoms with van der Waals surface area (Å²) < 4.78 is 0. The molecule has 0 aliphatic heterocycles. The average molecular weight is 1100 g/mol. The SMILES string of the molecule is CCCCCCCCC1CCC(N(C2CCC(C)CC2)C2CC(C3CCCC4CCCCC43)C3CCC4C5C(CCC2C35)C(C2CCCC3CCCCC32)CC4N(C2CCC(C)CC2)C2CCC(CCCCCCCC)CC2)CC1. The first-order valence-electron chi connectivity index (χ1n) is 39.0. The van der Waals surface area contributed by atoms with Crippen molar-refractivity contribution in [1.82, 2.24) is 9.80 Å². The van der Waals surface area contributed by atoms with Gasteiger partial charge in [-0.15, -0.1) is 0 Å². The Balaban J connectivity index is 0.890. The summed E-state index contributed by atoms with van der Waals surface area (Å²) in [5.74, 6) is 18.7. The molecule has 12 fully saturated rings. The van der Waals surface area contributed by atoms with Gasteiger partial charge in [-0.25, -0.2) is 0 Å². The lowest BCUT2D eigenvalue weighted by Crippen LogP contribution is -2.68. The van der Waals surface area contributed by atoms with Gasteiger partial charge in [0.1, 0.15) is 0 Å². The Labute approximate surface area is 498 Å². The summed E-state index contributed by atoms with van der Waals surface area (Å²) in [7, 11) is 0. The van der Waals surface area contributed by atoms with Crippen LogP contribution in [0, 0.1) is 107 Å². The van der Waals surface area contributed by atoms with E-state index in [1.54, 1.807) is 193 Å². The highest BCUT2D eigenvalue weighted by molar-refractivity contribution is 5.15. The first-order chi connectivity index (χ1) is 39.4. The predicted octanol–water partition coefficient (Wildman–Crippen LogP) is 22.6. The van der Waals surface area contributed by atoms with Crippen LogP contribution in [-0.2, 0) is 0 Å². The van der Waals surface area contributed by atoms with E-state index in [1.807, 2.05) is 0 Å². The summed E-state index contributed by atoms with van der Waals surface area (Å²) >= 11 is 0. The van der Waals surface area contributed by atoms with Crippen molar-refractivity contribution in [3.05, 3.63) is 0 Å². The predicted molar refractivity (Wildman–Crippen MR) is 343 cm³/mol. The van der Waals surface area contributed by atoms with Crippen molar-refractivity contribution in [2.45, 2.75) is 385 Å². The Bertz CT molecular complexity index is 1640. The van der Waals surface area contributed by atoms with Gasteiger partial charge >= 0.3 is 0 Å². The number of unbranched alkanes of at least 4 members (excludes halogenated alkanes) is 10. The maximum Gasteiger partial charge on any atom is 0.0135 e. The van der Waals surface area contributed by atoms with Gasteiger partial charge in [-0.05, 0) is 273 Å². The summed E-state index contributed by atoms with van der Waals surface area (Å²) in [4.78, 5) is 7.24. The van der Waals surface area contributed by atoms with E-state index in [9.17, 15) is 0 Å². The molecule has 2 heteroatoms. The normalized spacial score (nSPS) is 46.1. The molecule has 12 saturated carbocycles. The Morgan fingerprint density at radius 2 is 0.588 bits per heavy atom. The molecule has 0 heterocycles. The van der Waals surface area contributed by atoms with Gasteiger partial charge in [0.05, 0.1) is 0 Å². The number of rotatable bonds is 22. The van der Waals surface area contributed by atoms with E-state index in [0.29, 0.717) is 0 Å². The maximum atomic E-state index is 3.62. The molecule has 0 aromatic rings. The van der Waals surface area contributed by atoms with Crippen LogP contribution < -0.4 is 0 Å². The quantitative estimate of drug-likeness (QED) is 0.0997. The third kappa shape index (κ3) is 13.6. The highest BCUT2D eigenvalue weighted by atomic mass is 15.2. The van der Waals surface area contributed by atoms with E-state index in [2.05, 4.69) is 37.5 Å². The highest BCUT2D eigenvalue weighted by Crippen LogP contribution is 2.68. The monoisotopic (exact) mass is 1100 g/mol. The number of nitrogens with zero attached hydrogens (tertiary/aromatic N) is 2. The molecule has 0 aromatic heterocycles. The smallest absolute Gasteiger partial charge is 0.0135 e. The zero-order chi connectivity index (χ0) is 54.4. The summed E-state index contributed by atoms with van der Waals surface area (Å²) in [6.07, 6.45) is 77.7. The topological polar surface area (TPSA) is 6.48 Å². The third-order valence-electron chi connectivity index (χ3n) is 29.6. The number of hydrogen-bond donors (Lipinski definition) is 0. The second-order valence-electron chi connectivity index (χ2n) is 33.7. The number of fused-ring (bicyclic) bond motifs is 2. The lowest BCUT2D eigenvalue weighted by atomic mass is 9.40. The molecule has 0 radical (unpaired) electrons. The first kappa shape index (κ1) is 60.2. The van der Waals surface area contributed by atoms with Crippen molar-refractivity contribution in [3.63, 3.8) is 0 Å². The molecule has 12 aliphatic carbocycles. The molecule has 0 spiro atoms. The van der Waals surface area contributed by atoms with Crippen molar-refractivity contribution in [2.24, 2.45) is 107 Å². The molecule has 458 valence electrons. The Kier molecular flexibility index (Phi) is 22.0. The minimum absolute atomic E-state index is 0.886. The van der Waals surface area contributed by atoms with E-state index in [-0.39, 0.29) is 0 Å². The highest BCUT2D eigenvalue weighted by Gasteiger charge is 2.64. The Morgan fingerprint density at radius 3 is 0.988 bits per heavy atom. The molecule has 12 rings (SSSR count). The van der Waals surface area contributed by atoms with Crippen LogP contribution in [0.25, 0.3) is 0 Å². The van der Waals surface area contributed by atoms with Crippen molar-refractivity contribution < 1.29 is 0 Å². The van der Waals surface area contributed by atoms with Crippen molar-refractivity contribution >= 4 is 0 Å². The summed E-state index contributed by atoms with van der Waals surface area (Å²) in [6.45, 7) is 10.1. The van der Waals surface area contributed by atoms with Crippen LogP contribution >= 0.6 is 0 Å². The van der Waals surface area contributed by atoms with Crippen LogP contribution in [0.2, 0.25) is 0 Å². The molecular weight excluding hydrogens is 965 g/mol. The molecule has 16 unspecified atom stereocenters. The second kappa shape index (κ2) is 29.3. The molecule has 16 atom stereocenters. The zero-order valence-electron chi connectivity index (χ0n) is 54.1. The first-order valence-corrected chi connectivity index (χ1v) is 39.0. The van der Waals surface area contributed by atoms with Crippen LogP contribution in [0.1, 0.15) is 349 Å². The second-order valence-corrected chi connectivity index (χ2v) is 33.7. The van der Waals surface area contributed by atoms with E-state index < -0.39 is 0 Å². The summed E-state index contributed by atoms with van der Waals surface area (Å²) in [5, 5.41) is 0. The van der Waals surface area contributed by atoms with Crippen LogP contribution in [0.3, 0.4) is 0 Å². The molecular formula is C78H136N2. The molecule has 0 aromatic carbocycles. The molecule has 2 nitrogen and oxygen atoms in total.